The molecule has 0 aromatic heterocycles. The molecule has 0 aromatic carbocycles. The highest BCUT2D eigenvalue weighted by Crippen LogP contribution is 2.48. The van der Waals surface area contributed by atoms with Crippen LogP contribution in [0.25, 0.3) is 0 Å². The smallest absolute Gasteiger partial charge is 0.250 e. The first-order valence-electron chi connectivity index (χ1n) is 6.35. The van der Waals surface area contributed by atoms with Crippen molar-refractivity contribution in [1.82, 2.24) is 10.6 Å². The summed E-state index contributed by atoms with van der Waals surface area (Å²) in [6, 6.07) is 0. The second-order valence-electron chi connectivity index (χ2n) is 5.02. The molecule has 1 atom stereocenters. The summed E-state index contributed by atoms with van der Waals surface area (Å²) < 4.78 is 10.5. The third kappa shape index (κ3) is 3.66. The van der Waals surface area contributed by atoms with Gasteiger partial charge in [-0.05, 0) is 24.7 Å². The van der Waals surface area contributed by atoms with Gasteiger partial charge in [0, 0.05) is 33.4 Å². The highest BCUT2D eigenvalue weighted by molar-refractivity contribution is 5.81. The molecule has 0 spiro atoms. The van der Waals surface area contributed by atoms with E-state index in [1.165, 1.54) is 12.8 Å². The van der Waals surface area contributed by atoms with E-state index < -0.39 is 0 Å². The second kappa shape index (κ2) is 5.80. The SMILES string of the molecule is COCCC1(CNC(=O)C2CNCCO2)CC1. The fourth-order valence-corrected chi connectivity index (χ4v) is 2.13. The molecular formula is C12H22N2O3. The lowest BCUT2D eigenvalue weighted by atomic mass is 10.0. The van der Waals surface area contributed by atoms with Crippen molar-refractivity contribution in [3.05, 3.63) is 0 Å². The van der Waals surface area contributed by atoms with E-state index in [0.717, 1.165) is 26.1 Å². The van der Waals surface area contributed by atoms with Crippen molar-refractivity contribution in [3.63, 3.8) is 0 Å². The number of ether oxygens (including phenoxy) is 2. The monoisotopic (exact) mass is 242 g/mol. The van der Waals surface area contributed by atoms with Gasteiger partial charge < -0.3 is 20.1 Å². The molecule has 5 nitrogen and oxygen atoms in total. The quantitative estimate of drug-likeness (QED) is 0.683. The topological polar surface area (TPSA) is 59.6 Å². The molecule has 1 amide bonds. The summed E-state index contributed by atoms with van der Waals surface area (Å²) >= 11 is 0. The molecule has 98 valence electrons. The van der Waals surface area contributed by atoms with Gasteiger partial charge in [0.1, 0.15) is 6.10 Å². The van der Waals surface area contributed by atoms with Gasteiger partial charge in [0.2, 0.25) is 5.91 Å². The number of hydrogen-bond donors (Lipinski definition) is 2. The van der Waals surface area contributed by atoms with Crippen molar-refractivity contribution in [2.45, 2.75) is 25.4 Å². The van der Waals surface area contributed by atoms with Crippen LogP contribution in [0.15, 0.2) is 0 Å². The fourth-order valence-electron chi connectivity index (χ4n) is 2.13. The number of methoxy groups -OCH3 is 1. The third-order valence-electron chi connectivity index (χ3n) is 3.65. The van der Waals surface area contributed by atoms with E-state index in [2.05, 4.69) is 10.6 Å². The Labute approximate surface area is 102 Å². The Hall–Kier alpha value is -0.650. The van der Waals surface area contributed by atoms with Crippen LogP contribution >= 0.6 is 0 Å². The van der Waals surface area contributed by atoms with Crippen molar-refractivity contribution >= 4 is 5.91 Å². The zero-order valence-electron chi connectivity index (χ0n) is 10.5. The van der Waals surface area contributed by atoms with E-state index in [4.69, 9.17) is 9.47 Å². The van der Waals surface area contributed by atoms with E-state index in [0.29, 0.717) is 18.6 Å². The molecule has 5 heteroatoms. The highest BCUT2D eigenvalue weighted by Gasteiger charge is 2.42. The van der Waals surface area contributed by atoms with Crippen LogP contribution in [0.3, 0.4) is 0 Å². The Morgan fingerprint density at radius 3 is 3.00 bits per heavy atom. The summed E-state index contributed by atoms with van der Waals surface area (Å²) in [6.45, 7) is 3.61. The molecule has 1 unspecified atom stereocenters. The Morgan fingerprint density at radius 1 is 1.59 bits per heavy atom. The molecule has 2 fully saturated rings. The standard InChI is InChI=1S/C12H22N2O3/c1-16-6-4-12(2-3-12)9-14-11(15)10-8-13-5-7-17-10/h10,13H,2-9H2,1H3,(H,14,15). The maximum absolute atomic E-state index is 11.8. The number of rotatable bonds is 6. The predicted molar refractivity (Wildman–Crippen MR) is 63.8 cm³/mol. The normalized spacial score (nSPS) is 26.5. The van der Waals surface area contributed by atoms with E-state index in [1.807, 2.05) is 0 Å². The number of carbonyl (C=O) groups excluding carboxylic acids is 1. The van der Waals surface area contributed by atoms with Gasteiger partial charge in [-0.15, -0.1) is 0 Å². The van der Waals surface area contributed by atoms with E-state index in [-0.39, 0.29) is 12.0 Å². The van der Waals surface area contributed by atoms with Crippen LogP contribution in [0.5, 0.6) is 0 Å². The van der Waals surface area contributed by atoms with Gasteiger partial charge in [0.15, 0.2) is 0 Å². The average Bonchev–Trinajstić information content (AvgIpc) is 3.15. The summed E-state index contributed by atoms with van der Waals surface area (Å²) in [5.74, 6) is 0.0147. The Bertz CT molecular complexity index is 260. The van der Waals surface area contributed by atoms with Crippen molar-refractivity contribution in [2.24, 2.45) is 5.41 Å². The van der Waals surface area contributed by atoms with Crippen LogP contribution in [0.4, 0.5) is 0 Å². The number of morpholine rings is 1. The molecule has 0 radical (unpaired) electrons. The molecule has 17 heavy (non-hydrogen) atoms. The van der Waals surface area contributed by atoms with Crippen LogP contribution in [-0.4, -0.2) is 52.0 Å². The lowest BCUT2D eigenvalue weighted by Crippen LogP contribution is -2.48. The minimum Gasteiger partial charge on any atom is -0.385 e. The number of amides is 1. The first-order valence-corrected chi connectivity index (χ1v) is 6.35. The number of hydrogen-bond acceptors (Lipinski definition) is 4. The van der Waals surface area contributed by atoms with Crippen LogP contribution in [-0.2, 0) is 14.3 Å². The van der Waals surface area contributed by atoms with Gasteiger partial charge >= 0.3 is 0 Å². The summed E-state index contributed by atoms with van der Waals surface area (Å²) in [5.41, 5.74) is 0.299. The van der Waals surface area contributed by atoms with Crippen molar-refractivity contribution in [2.75, 3.05) is 40.0 Å². The lowest BCUT2D eigenvalue weighted by Gasteiger charge is -2.24. The Kier molecular flexibility index (Phi) is 4.36. The van der Waals surface area contributed by atoms with Crippen molar-refractivity contribution in [3.8, 4) is 0 Å². The van der Waals surface area contributed by atoms with Crippen LogP contribution in [0.1, 0.15) is 19.3 Å². The maximum Gasteiger partial charge on any atom is 0.250 e. The zero-order chi connectivity index (χ0) is 12.1. The Morgan fingerprint density at radius 2 is 2.41 bits per heavy atom. The molecule has 2 N–H and O–H groups in total. The van der Waals surface area contributed by atoms with E-state index in [1.54, 1.807) is 7.11 Å². The summed E-state index contributed by atoms with van der Waals surface area (Å²) in [7, 11) is 1.72. The first kappa shape index (κ1) is 12.8. The van der Waals surface area contributed by atoms with Gasteiger partial charge in [-0.3, -0.25) is 4.79 Å². The third-order valence-corrected chi connectivity index (χ3v) is 3.65. The molecule has 2 aliphatic rings. The van der Waals surface area contributed by atoms with Gasteiger partial charge in [0.05, 0.1) is 6.61 Å². The van der Waals surface area contributed by atoms with E-state index in [9.17, 15) is 4.79 Å². The molecule has 1 aliphatic carbocycles. The van der Waals surface area contributed by atoms with Gasteiger partial charge in [-0.1, -0.05) is 0 Å². The number of carbonyl (C=O) groups is 1. The largest absolute Gasteiger partial charge is 0.385 e. The lowest BCUT2D eigenvalue weighted by molar-refractivity contribution is -0.134. The van der Waals surface area contributed by atoms with Crippen LogP contribution < -0.4 is 10.6 Å². The van der Waals surface area contributed by atoms with E-state index >= 15 is 0 Å². The molecule has 1 saturated carbocycles. The summed E-state index contributed by atoms with van der Waals surface area (Å²) in [6.07, 6.45) is 3.11. The molecule has 0 bridgehead atoms. The molecule has 0 aromatic rings. The van der Waals surface area contributed by atoms with Gasteiger partial charge in [-0.2, -0.15) is 0 Å². The molecule has 1 heterocycles. The molecular weight excluding hydrogens is 220 g/mol. The first-order chi connectivity index (χ1) is 8.26. The summed E-state index contributed by atoms with van der Waals surface area (Å²) in [5, 5.41) is 6.16. The molecule has 1 aliphatic heterocycles. The second-order valence-corrected chi connectivity index (χ2v) is 5.02. The van der Waals surface area contributed by atoms with Gasteiger partial charge in [-0.25, -0.2) is 0 Å². The Balaban J connectivity index is 1.68. The van der Waals surface area contributed by atoms with Crippen LogP contribution in [0.2, 0.25) is 0 Å². The summed E-state index contributed by atoms with van der Waals surface area (Å²) in [4.78, 5) is 11.8. The highest BCUT2D eigenvalue weighted by atomic mass is 16.5. The molecule has 1 saturated heterocycles. The average molecular weight is 242 g/mol. The molecule has 2 rings (SSSR count). The predicted octanol–water partition coefficient (Wildman–Crippen LogP) is -0.0923. The minimum absolute atomic E-state index is 0.0147. The fraction of sp³-hybridized carbons (Fsp3) is 0.917. The van der Waals surface area contributed by atoms with Gasteiger partial charge in [0.25, 0.3) is 0 Å². The maximum atomic E-state index is 11.8. The van der Waals surface area contributed by atoms with Crippen molar-refractivity contribution < 1.29 is 14.3 Å². The van der Waals surface area contributed by atoms with Crippen LogP contribution in [0, 0.1) is 5.41 Å². The van der Waals surface area contributed by atoms with Crippen molar-refractivity contribution in [1.29, 1.82) is 0 Å². The zero-order valence-corrected chi connectivity index (χ0v) is 10.5. The number of nitrogens with one attached hydrogen (secondary N) is 2. The minimum atomic E-state index is -0.318.